The molecule has 1 amide bonds. The molecule has 0 unspecified atom stereocenters. The van der Waals surface area contributed by atoms with Crippen molar-refractivity contribution in [1.29, 1.82) is 0 Å². The van der Waals surface area contributed by atoms with Crippen LogP contribution < -0.4 is 5.43 Å². The number of rotatable bonds is 2. The number of nitrogens with zero attached hydrogens (tertiary/aromatic N) is 2. The molecule has 0 fully saturated rings. The minimum atomic E-state index is -0.473. The number of para-hydroxylation sites is 2. The number of nitrogens with one attached hydrogen (secondary N) is 1. The van der Waals surface area contributed by atoms with E-state index in [9.17, 15) is 4.79 Å². The van der Waals surface area contributed by atoms with Gasteiger partial charge < -0.3 is 0 Å². The number of aromatic nitrogens is 2. The molecule has 3 aromatic rings. The van der Waals surface area contributed by atoms with Crippen LogP contribution in [0.25, 0.3) is 22.4 Å². The van der Waals surface area contributed by atoms with Crippen LogP contribution in [-0.4, -0.2) is 15.6 Å². The number of fused-ring (bicyclic) bond motifs is 1. The van der Waals surface area contributed by atoms with Gasteiger partial charge >= 0.3 is 0 Å². The maximum Gasteiger partial charge on any atom is 0.244 e. The van der Waals surface area contributed by atoms with Crippen LogP contribution >= 0.6 is 0 Å². The zero-order valence-electron chi connectivity index (χ0n) is 13.0. The third-order valence-corrected chi connectivity index (χ3v) is 3.49. The van der Waals surface area contributed by atoms with Crippen molar-refractivity contribution in [1.82, 2.24) is 9.66 Å². The lowest BCUT2D eigenvalue weighted by atomic mass is 9.96. The fourth-order valence-corrected chi connectivity index (χ4v) is 2.19. The van der Waals surface area contributed by atoms with E-state index in [0.29, 0.717) is 0 Å². The summed E-state index contributed by atoms with van der Waals surface area (Å²) >= 11 is 0. The van der Waals surface area contributed by atoms with Crippen LogP contribution in [-0.2, 0) is 4.79 Å². The number of amides is 1. The largest absolute Gasteiger partial charge is 0.273 e. The predicted molar refractivity (Wildman–Crippen MR) is 89.0 cm³/mol. The van der Waals surface area contributed by atoms with Crippen LogP contribution in [0, 0.1) is 5.41 Å². The van der Waals surface area contributed by atoms with Crippen LogP contribution in [0.1, 0.15) is 20.8 Å². The summed E-state index contributed by atoms with van der Waals surface area (Å²) in [6.45, 7) is 5.68. The Labute approximate surface area is 129 Å². The Morgan fingerprint density at radius 2 is 1.64 bits per heavy atom. The number of carbonyl (C=O) groups excluding carboxylic acids is 1. The molecule has 0 saturated heterocycles. The molecule has 1 aromatic heterocycles. The lowest BCUT2D eigenvalue weighted by Gasteiger charge is -2.19. The van der Waals surface area contributed by atoms with Crippen molar-refractivity contribution in [2.45, 2.75) is 20.8 Å². The van der Waals surface area contributed by atoms with Gasteiger partial charge in [0, 0.05) is 11.0 Å². The van der Waals surface area contributed by atoms with Crippen LogP contribution in [0.2, 0.25) is 0 Å². The van der Waals surface area contributed by atoms with E-state index in [4.69, 9.17) is 0 Å². The van der Waals surface area contributed by atoms with Gasteiger partial charge in [-0.15, -0.1) is 0 Å². The average molecular weight is 293 g/mol. The molecule has 4 nitrogen and oxygen atoms in total. The van der Waals surface area contributed by atoms with E-state index in [1.165, 1.54) is 0 Å². The molecule has 1 N–H and O–H groups in total. The lowest BCUT2D eigenvalue weighted by Crippen LogP contribution is -2.33. The van der Waals surface area contributed by atoms with Gasteiger partial charge in [-0.1, -0.05) is 63.2 Å². The Kier molecular flexibility index (Phi) is 3.45. The molecule has 3 rings (SSSR count). The van der Waals surface area contributed by atoms with E-state index in [2.05, 4.69) is 10.4 Å². The zero-order valence-corrected chi connectivity index (χ0v) is 13.0. The van der Waals surface area contributed by atoms with Crippen molar-refractivity contribution in [3.8, 4) is 11.4 Å². The monoisotopic (exact) mass is 293 g/mol. The first-order valence-corrected chi connectivity index (χ1v) is 7.31. The molecule has 1 heterocycles. The zero-order chi connectivity index (χ0) is 15.7. The highest BCUT2D eigenvalue weighted by molar-refractivity contribution is 5.91. The predicted octanol–water partition coefficient (Wildman–Crippen LogP) is 3.82. The smallest absolute Gasteiger partial charge is 0.244 e. The molecule has 0 saturated carbocycles. The van der Waals surface area contributed by atoms with Gasteiger partial charge in [0.2, 0.25) is 5.91 Å². The maximum atomic E-state index is 12.4. The first-order chi connectivity index (χ1) is 10.5. The Balaban J connectivity index is 2.16. The second kappa shape index (κ2) is 5.30. The van der Waals surface area contributed by atoms with Crippen molar-refractivity contribution < 1.29 is 4.79 Å². The fourth-order valence-electron chi connectivity index (χ4n) is 2.19. The van der Waals surface area contributed by atoms with Crippen molar-refractivity contribution in [3.05, 3.63) is 54.6 Å². The molecule has 0 radical (unpaired) electrons. The number of hydrogen-bond donors (Lipinski definition) is 1. The Bertz CT molecular complexity index is 813. The Morgan fingerprint density at radius 1 is 1.00 bits per heavy atom. The molecule has 22 heavy (non-hydrogen) atoms. The van der Waals surface area contributed by atoms with Gasteiger partial charge in [-0.2, -0.15) is 0 Å². The van der Waals surface area contributed by atoms with Crippen LogP contribution in [0.5, 0.6) is 0 Å². The van der Waals surface area contributed by atoms with E-state index in [-0.39, 0.29) is 5.91 Å². The highest BCUT2D eigenvalue weighted by Gasteiger charge is 2.23. The van der Waals surface area contributed by atoms with Gasteiger partial charge in [0.15, 0.2) is 5.82 Å². The quantitative estimate of drug-likeness (QED) is 0.780. The van der Waals surface area contributed by atoms with E-state index >= 15 is 0 Å². The normalized spacial score (nSPS) is 11.6. The molecule has 0 aliphatic heterocycles. The number of benzene rings is 2. The third-order valence-electron chi connectivity index (χ3n) is 3.49. The third kappa shape index (κ3) is 2.60. The molecule has 0 aliphatic carbocycles. The standard InChI is InChI=1S/C18H19N3O/c1-18(2,3)17(22)20-21-15-12-8-7-11-14(15)19-16(21)13-9-5-4-6-10-13/h4-12H,1-3H3,(H,20,22). The lowest BCUT2D eigenvalue weighted by molar-refractivity contribution is -0.124. The van der Waals surface area contributed by atoms with E-state index < -0.39 is 5.41 Å². The fraction of sp³-hybridized carbons (Fsp3) is 0.222. The van der Waals surface area contributed by atoms with E-state index in [1.807, 2.05) is 75.4 Å². The number of carbonyl (C=O) groups is 1. The van der Waals surface area contributed by atoms with Gasteiger partial charge in [0.25, 0.3) is 0 Å². The molecule has 4 heteroatoms. The van der Waals surface area contributed by atoms with Gasteiger partial charge in [-0.3, -0.25) is 10.2 Å². The molecule has 2 aromatic carbocycles. The number of hydrogen-bond acceptors (Lipinski definition) is 2. The van der Waals surface area contributed by atoms with E-state index in [1.54, 1.807) is 4.68 Å². The van der Waals surface area contributed by atoms with E-state index in [0.717, 1.165) is 22.4 Å². The van der Waals surface area contributed by atoms with Gasteiger partial charge in [-0.25, -0.2) is 9.66 Å². The van der Waals surface area contributed by atoms with Gasteiger partial charge in [0.05, 0.1) is 11.0 Å². The highest BCUT2D eigenvalue weighted by atomic mass is 16.2. The Morgan fingerprint density at radius 3 is 2.32 bits per heavy atom. The topological polar surface area (TPSA) is 46.9 Å². The molecule has 0 atom stereocenters. The Hall–Kier alpha value is -2.62. The molecule has 0 bridgehead atoms. The summed E-state index contributed by atoms with van der Waals surface area (Å²) in [7, 11) is 0. The van der Waals surface area contributed by atoms with Crippen molar-refractivity contribution in [3.63, 3.8) is 0 Å². The molecule has 112 valence electrons. The summed E-state index contributed by atoms with van der Waals surface area (Å²) in [6, 6.07) is 17.7. The first-order valence-electron chi connectivity index (χ1n) is 7.31. The van der Waals surface area contributed by atoms with Crippen LogP contribution in [0.3, 0.4) is 0 Å². The summed E-state index contributed by atoms with van der Waals surface area (Å²) < 4.78 is 1.78. The summed E-state index contributed by atoms with van der Waals surface area (Å²) in [6.07, 6.45) is 0. The summed E-state index contributed by atoms with van der Waals surface area (Å²) in [5.41, 5.74) is 5.22. The van der Waals surface area contributed by atoms with Gasteiger partial charge in [0.1, 0.15) is 0 Å². The van der Waals surface area contributed by atoms with Crippen molar-refractivity contribution >= 4 is 16.9 Å². The number of imidazole rings is 1. The maximum absolute atomic E-state index is 12.4. The minimum absolute atomic E-state index is 0.0483. The van der Waals surface area contributed by atoms with Crippen LogP contribution in [0.15, 0.2) is 54.6 Å². The molecular formula is C18H19N3O. The second-order valence-electron chi connectivity index (χ2n) is 6.32. The molecule has 0 aliphatic rings. The second-order valence-corrected chi connectivity index (χ2v) is 6.32. The summed E-state index contributed by atoms with van der Waals surface area (Å²) in [5, 5.41) is 0. The summed E-state index contributed by atoms with van der Waals surface area (Å²) in [4.78, 5) is 17.1. The van der Waals surface area contributed by atoms with Crippen molar-refractivity contribution in [2.75, 3.05) is 5.43 Å². The first kappa shape index (κ1) is 14.3. The van der Waals surface area contributed by atoms with Gasteiger partial charge in [-0.05, 0) is 12.1 Å². The SMILES string of the molecule is CC(C)(C)C(=O)Nn1c(-c2ccccc2)nc2ccccc21. The summed E-state index contributed by atoms with van der Waals surface area (Å²) in [5.74, 6) is 0.687. The average Bonchev–Trinajstić information content (AvgIpc) is 2.86. The van der Waals surface area contributed by atoms with Crippen LogP contribution in [0.4, 0.5) is 0 Å². The molecule has 0 spiro atoms. The minimum Gasteiger partial charge on any atom is -0.273 e. The van der Waals surface area contributed by atoms with Crippen molar-refractivity contribution in [2.24, 2.45) is 5.41 Å². The molecular weight excluding hydrogens is 274 g/mol. The highest BCUT2D eigenvalue weighted by Crippen LogP contribution is 2.24.